The molecular formula is C15H24N2O2S. The van der Waals surface area contributed by atoms with Crippen LogP contribution in [0, 0.1) is 0 Å². The van der Waals surface area contributed by atoms with Crippen molar-refractivity contribution in [1.82, 2.24) is 9.62 Å². The Morgan fingerprint density at radius 3 is 2.30 bits per heavy atom. The van der Waals surface area contributed by atoms with Gasteiger partial charge in [0.1, 0.15) is 0 Å². The number of hydrogen-bond donors (Lipinski definition) is 1. The monoisotopic (exact) mass is 296 g/mol. The first-order chi connectivity index (χ1) is 9.41. The van der Waals surface area contributed by atoms with Gasteiger partial charge in [0, 0.05) is 25.7 Å². The first-order valence-corrected chi connectivity index (χ1v) is 8.65. The second-order valence-electron chi connectivity index (χ2n) is 5.79. The van der Waals surface area contributed by atoms with E-state index in [9.17, 15) is 8.42 Å². The molecule has 0 saturated heterocycles. The van der Waals surface area contributed by atoms with Gasteiger partial charge in [0.15, 0.2) is 0 Å². The van der Waals surface area contributed by atoms with Crippen LogP contribution < -0.4 is 5.32 Å². The van der Waals surface area contributed by atoms with Crippen molar-refractivity contribution in [2.45, 2.75) is 56.6 Å². The standard InChI is InChI=1S/C15H24N2O2S/c1-12(2)16-11-13-7-9-15(10-8-13)20(18,19)17(3)14-5-4-6-14/h7-10,12,14,16H,4-6,11H2,1-3H3. The molecular weight excluding hydrogens is 272 g/mol. The molecule has 1 saturated carbocycles. The van der Waals surface area contributed by atoms with Crippen molar-refractivity contribution >= 4 is 10.0 Å². The molecule has 1 aromatic rings. The summed E-state index contributed by atoms with van der Waals surface area (Å²) in [6.45, 7) is 4.94. The summed E-state index contributed by atoms with van der Waals surface area (Å²) in [6, 6.07) is 7.79. The zero-order valence-electron chi connectivity index (χ0n) is 12.5. The van der Waals surface area contributed by atoms with E-state index in [1.807, 2.05) is 12.1 Å². The van der Waals surface area contributed by atoms with Crippen LogP contribution in [0.3, 0.4) is 0 Å². The molecule has 1 N–H and O–H groups in total. The molecule has 1 aliphatic carbocycles. The molecule has 0 aromatic heterocycles. The largest absolute Gasteiger partial charge is 0.310 e. The lowest BCUT2D eigenvalue weighted by Gasteiger charge is -2.33. The van der Waals surface area contributed by atoms with Gasteiger partial charge in [-0.3, -0.25) is 0 Å². The Bertz CT molecular complexity index is 533. The summed E-state index contributed by atoms with van der Waals surface area (Å²) in [5.41, 5.74) is 1.10. The van der Waals surface area contributed by atoms with E-state index >= 15 is 0 Å². The molecule has 0 heterocycles. The summed E-state index contributed by atoms with van der Waals surface area (Å²) < 4.78 is 26.4. The number of hydrogen-bond acceptors (Lipinski definition) is 3. The van der Waals surface area contributed by atoms with Gasteiger partial charge in [-0.15, -0.1) is 0 Å². The van der Waals surface area contributed by atoms with Gasteiger partial charge in [0.2, 0.25) is 10.0 Å². The van der Waals surface area contributed by atoms with Gasteiger partial charge in [-0.2, -0.15) is 4.31 Å². The van der Waals surface area contributed by atoms with Crippen molar-refractivity contribution < 1.29 is 8.42 Å². The summed E-state index contributed by atoms with van der Waals surface area (Å²) in [5, 5.41) is 3.32. The molecule has 5 heteroatoms. The average Bonchev–Trinajstić information content (AvgIpc) is 2.34. The zero-order chi connectivity index (χ0) is 14.8. The Balaban J connectivity index is 2.08. The minimum absolute atomic E-state index is 0.183. The molecule has 0 unspecified atom stereocenters. The van der Waals surface area contributed by atoms with E-state index in [2.05, 4.69) is 19.2 Å². The summed E-state index contributed by atoms with van der Waals surface area (Å²) in [5.74, 6) is 0. The van der Waals surface area contributed by atoms with Crippen molar-refractivity contribution in [3.63, 3.8) is 0 Å². The fourth-order valence-corrected chi connectivity index (χ4v) is 3.63. The van der Waals surface area contributed by atoms with Crippen molar-refractivity contribution in [1.29, 1.82) is 0 Å². The molecule has 4 nitrogen and oxygen atoms in total. The maximum absolute atomic E-state index is 12.5. The number of benzene rings is 1. The lowest BCUT2D eigenvalue weighted by Crippen LogP contribution is -2.41. The Morgan fingerprint density at radius 1 is 1.25 bits per heavy atom. The molecule has 0 amide bonds. The van der Waals surface area contributed by atoms with Crippen LogP contribution >= 0.6 is 0 Å². The second kappa shape index (κ2) is 6.24. The summed E-state index contributed by atoms with van der Waals surface area (Å²) >= 11 is 0. The van der Waals surface area contributed by atoms with E-state index in [1.165, 1.54) is 4.31 Å². The Hall–Kier alpha value is -0.910. The molecule has 20 heavy (non-hydrogen) atoms. The lowest BCUT2D eigenvalue weighted by molar-refractivity contribution is 0.249. The fraction of sp³-hybridized carbons (Fsp3) is 0.600. The summed E-state index contributed by atoms with van der Waals surface area (Å²) in [4.78, 5) is 0.389. The number of sulfonamides is 1. The predicted molar refractivity (Wildman–Crippen MR) is 81.0 cm³/mol. The van der Waals surface area contributed by atoms with Crippen LogP contribution in [0.4, 0.5) is 0 Å². The second-order valence-corrected chi connectivity index (χ2v) is 7.78. The molecule has 0 bridgehead atoms. The molecule has 0 atom stereocenters. The molecule has 1 fully saturated rings. The number of rotatable bonds is 6. The minimum Gasteiger partial charge on any atom is -0.310 e. The zero-order valence-corrected chi connectivity index (χ0v) is 13.3. The van der Waals surface area contributed by atoms with E-state index < -0.39 is 10.0 Å². The van der Waals surface area contributed by atoms with Crippen molar-refractivity contribution in [3.05, 3.63) is 29.8 Å². The third-order valence-electron chi connectivity index (χ3n) is 3.90. The van der Waals surface area contributed by atoms with Crippen LogP contribution in [0.2, 0.25) is 0 Å². The number of nitrogens with one attached hydrogen (secondary N) is 1. The van der Waals surface area contributed by atoms with E-state index in [0.717, 1.165) is 31.4 Å². The third-order valence-corrected chi connectivity index (χ3v) is 5.83. The lowest BCUT2D eigenvalue weighted by atomic mass is 9.94. The van der Waals surface area contributed by atoms with Crippen molar-refractivity contribution in [3.8, 4) is 0 Å². The minimum atomic E-state index is -3.33. The Morgan fingerprint density at radius 2 is 1.85 bits per heavy atom. The average molecular weight is 296 g/mol. The predicted octanol–water partition coefficient (Wildman–Crippen LogP) is 2.36. The first-order valence-electron chi connectivity index (χ1n) is 7.21. The molecule has 0 spiro atoms. The van der Waals surface area contributed by atoms with Gasteiger partial charge < -0.3 is 5.32 Å². The van der Waals surface area contributed by atoms with Crippen LogP contribution in [0.5, 0.6) is 0 Å². The Labute approximate surface area is 122 Å². The van der Waals surface area contributed by atoms with Gasteiger partial charge in [-0.05, 0) is 30.5 Å². The SMILES string of the molecule is CC(C)NCc1ccc(S(=O)(=O)N(C)C2CCC2)cc1. The molecule has 1 aliphatic rings. The van der Waals surface area contributed by atoms with Gasteiger partial charge in [-0.25, -0.2) is 8.42 Å². The Kier molecular flexibility index (Phi) is 4.83. The molecule has 0 radical (unpaired) electrons. The molecule has 112 valence electrons. The highest BCUT2D eigenvalue weighted by Gasteiger charge is 2.31. The van der Waals surface area contributed by atoms with Crippen molar-refractivity contribution in [2.75, 3.05) is 7.05 Å². The van der Waals surface area contributed by atoms with Gasteiger partial charge in [0.05, 0.1) is 4.90 Å². The van der Waals surface area contributed by atoms with Gasteiger partial charge in [0.25, 0.3) is 0 Å². The smallest absolute Gasteiger partial charge is 0.243 e. The van der Waals surface area contributed by atoms with Crippen LogP contribution in [-0.2, 0) is 16.6 Å². The quantitative estimate of drug-likeness (QED) is 0.876. The summed E-state index contributed by atoms with van der Waals surface area (Å²) in [7, 11) is -1.65. The van der Waals surface area contributed by atoms with Gasteiger partial charge >= 0.3 is 0 Å². The van der Waals surface area contributed by atoms with Crippen LogP contribution in [-0.4, -0.2) is 31.9 Å². The molecule has 2 rings (SSSR count). The highest BCUT2D eigenvalue weighted by molar-refractivity contribution is 7.89. The maximum atomic E-state index is 12.5. The molecule has 0 aliphatic heterocycles. The summed E-state index contributed by atoms with van der Waals surface area (Å²) in [6.07, 6.45) is 3.09. The van der Waals surface area contributed by atoms with Crippen LogP contribution in [0.25, 0.3) is 0 Å². The number of nitrogens with zero attached hydrogens (tertiary/aromatic N) is 1. The first kappa shape index (κ1) is 15.5. The normalized spacial score (nSPS) is 16.6. The van der Waals surface area contributed by atoms with Crippen LogP contribution in [0.15, 0.2) is 29.2 Å². The maximum Gasteiger partial charge on any atom is 0.243 e. The highest BCUT2D eigenvalue weighted by atomic mass is 32.2. The fourth-order valence-electron chi connectivity index (χ4n) is 2.21. The third kappa shape index (κ3) is 3.40. The van der Waals surface area contributed by atoms with E-state index in [0.29, 0.717) is 10.9 Å². The van der Waals surface area contributed by atoms with Gasteiger partial charge in [-0.1, -0.05) is 32.4 Å². The van der Waals surface area contributed by atoms with E-state index in [4.69, 9.17) is 0 Å². The van der Waals surface area contributed by atoms with Crippen molar-refractivity contribution in [2.24, 2.45) is 0 Å². The van der Waals surface area contributed by atoms with E-state index in [1.54, 1.807) is 19.2 Å². The highest BCUT2D eigenvalue weighted by Crippen LogP contribution is 2.28. The van der Waals surface area contributed by atoms with E-state index in [-0.39, 0.29) is 6.04 Å². The topological polar surface area (TPSA) is 49.4 Å². The van der Waals surface area contributed by atoms with Crippen LogP contribution in [0.1, 0.15) is 38.7 Å². The molecule has 1 aromatic carbocycles.